The zero-order valence-corrected chi connectivity index (χ0v) is 31.8. The summed E-state index contributed by atoms with van der Waals surface area (Å²) >= 11 is 0. The highest BCUT2D eigenvalue weighted by molar-refractivity contribution is 6.66. The van der Waals surface area contributed by atoms with Gasteiger partial charge in [-0.2, -0.15) is 0 Å². The van der Waals surface area contributed by atoms with Gasteiger partial charge < -0.3 is 23.8 Å². The van der Waals surface area contributed by atoms with Gasteiger partial charge in [0.25, 0.3) is 0 Å². The van der Waals surface area contributed by atoms with Crippen LogP contribution in [0, 0.1) is 0 Å². The summed E-state index contributed by atoms with van der Waals surface area (Å²) in [5.74, 6) is 0.364. The average molecular weight is 683 g/mol. The average Bonchev–Trinajstić information content (AvgIpc) is 2.98. The summed E-state index contributed by atoms with van der Waals surface area (Å²) in [4.78, 5) is 22.8. The number of ether oxygens (including phenoxy) is 1. The summed E-state index contributed by atoms with van der Waals surface area (Å²) in [5, 5.41) is 22.6. The van der Waals surface area contributed by atoms with Crippen molar-refractivity contribution in [2.75, 3.05) is 14.2 Å². The summed E-state index contributed by atoms with van der Waals surface area (Å²) in [6.07, 6.45) is 7.50. The van der Waals surface area contributed by atoms with Gasteiger partial charge in [0, 0.05) is 61.4 Å². The number of nitrogens with zero attached hydrogens (tertiary/aromatic N) is 2. The minimum absolute atomic E-state index is 0. The zero-order valence-electron chi connectivity index (χ0n) is 30.8. The molecule has 0 heterocycles. The van der Waals surface area contributed by atoms with Crippen LogP contribution in [-0.4, -0.2) is 63.5 Å². The first-order chi connectivity index (χ1) is 21.7. The van der Waals surface area contributed by atoms with Gasteiger partial charge in [0.15, 0.2) is 0 Å². The third-order valence-corrected chi connectivity index (χ3v) is 12.0. The van der Waals surface area contributed by atoms with Gasteiger partial charge in [-0.25, -0.2) is 0 Å². The molecule has 0 spiro atoms. The van der Waals surface area contributed by atoms with Crippen molar-refractivity contribution in [2.45, 2.75) is 143 Å². The molecule has 0 bridgehead atoms. The highest BCUT2D eigenvalue weighted by atomic mass is 28.4. The Morgan fingerprint density at radius 2 is 1.25 bits per heavy atom. The molecule has 268 valence electrons. The van der Waals surface area contributed by atoms with E-state index in [1.807, 2.05) is 39.6 Å². The van der Waals surface area contributed by atoms with Gasteiger partial charge in [0.05, 0.1) is 12.1 Å². The van der Waals surface area contributed by atoms with E-state index in [1.54, 1.807) is 32.6 Å². The largest absolute Gasteiger partial charge is 0.507 e. The number of hydrogen-bond donors (Lipinski definition) is 2. The molecule has 3 rings (SSSR count). The molecule has 0 unspecified atom stereocenters. The Bertz CT molecular complexity index is 1460. The monoisotopic (exact) mass is 682 g/mol. The van der Waals surface area contributed by atoms with E-state index in [0.29, 0.717) is 22.9 Å². The Labute approximate surface area is 291 Å². The number of carbonyl (C=O) groups excluding carboxylic acids is 1. The number of esters is 1. The van der Waals surface area contributed by atoms with Crippen LogP contribution >= 0.6 is 0 Å². The van der Waals surface area contributed by atoms with Crippen LogP contribution < -0.4 is 4.74 Å². The van der Waals surface area contributed by atoms with E-state index in [2.05, 4.69) is 47.6 Å². The summed E-state index contributed by atoms with van der Waals surface area (Å²) in [6, 6.07) is 7.86. The van der Waals surface area contributed by atoms with Crippen molar-refractivity contribution in [3.8, 4) is 17.2 Å². The minimum Gasteiger partial charge on any atom is -0.507 e. The Morgan fingerprint density at radius 3 is 1.69 bits per heavy atom. The summed E-state index contributed by atoms with van der Waals surface area (Å²) in [7, 11) is 0.779. The molecule has 2 aromatic carbocycles. The van der Waals surface area contributed by atoms with Crippen LogP contribution in [0.25, 0.3) is 0 Å². The quantitative estimate of drug-likeness (QED) is 0.112. The van der Waals surface area contributed by atoms with Crippen molar-refractivity contribution in [3.63, 3.8) is 0 Å². The number of benzene rings is 2. The zero-order chi connectivity index (χ0) is 35.4. The van der Waals surface area contributed by atoms with Crippen molar-refractivity contribution < 1.29 is 28.6 Å². The van der Waals surface area contributed by atoms with Crippen LogP contribution in [0.1, 0.15) is 130 Å². The van der Waals surface area contributed by atoms with Crippen molar-refractivity contribution in [2.24, 2.45) is 9.98 Å². The van der Waals surface area contributed by atoms with Crippen molar-refractivity contribution in [1.82, 2.24) is 0 Å². The smallest absolute Gasteiger partial charge is 0.334 e. The normalized spacial score (nSPS) is 17.9. The van der Waals surface area contributed by atoms with Gasteiger partial charge in [-0.15, -0.1) is 0 Å². The maximum Gasteiger partial charge on any atom is 0.334 e. The number of carbonyl (C=O) groups is 1. The lowest BCUT2D eigenvalue weighted by molar-refractivity contribution is -0.134. The van der Waals surface area contributed by atoms with E-state index < -0.39 is 14.0 Å². The molecule has 1 aliphatic carbocycles. The molecule has 0 aliphatic heterocycles. The van der Waals surface area contributed by atoms with Gasteiger partial charge in [0.2, 0.25) is 0 Å². The number of phenols is 2. The van der Waals surface area contributed by atoms with E-state index in [-0.39, 0.29) is 54.2 Å². The van der Waals surface area contributed by atoms with Crippen molar-refractivity contribution in [3.05, 3.63) is 52.1 Å². The lowest BCUT2D eigenvalue weighted by Crippen LogP contribution is -2.36. The third-order valence-electron chi connectivity index (χ3n) is 9.12. The van der Waals surface area contributed by atoms with Gasteiger partial charge in [0.1, 0.15) is 17.2 Å². The molecule has 0 aromatic heterocycles. The van der Waals surface area contributed by atoms with E-state index in [9.17, 15) is 15.0 Å². The molecule has 8 nitrogen and oxygen atoms in total. The second-order valence-electron chi connectivity index (χ2n) is 16.1. The summed E-state index contributed by atoms with van der Waals surface area (Å²) in [5.41, 5.74) is 3.23. The van der Waals surface area contributed by atoms with Crippen LogP contribution in [-0.2, 0) is 29.9 Å². The Hall–Kier alpha value is -3.01. The molecular weight excluding hydrogens is 621 g/mol. The highest BCUT2D eigenvalue weighted by Crippen LogP contribution is 2.38. The van der Waals surface area contributed by atoms with Crippen LogP contribution in [0.15, 0.2) is 34.3 Å². The number of phenolic OH excluding ortho intramolecular Hbond substituents is 2. The van der Waals surface area contributed by atoms with Gasteiger partial charge in [-0.05, 0) is 59.4 Å². The predicted octanol–water partition coefficient (Wildman–Crippen LogP) is 9.14. The molecule has 9 heteroatoms. The molecule has 48 heavy (non-hydrogen) atoms. The second-order valence-corrected chi connectivity index (χ2v) is 19.7. The molecule has 2 aromatic rings. The molecule has 1 saturated carbocycles. The first-order valence-corrected chi connectivity index (χ1v) is 19.3. The molecule has 0 amide bonds. The fourth-order valence-corrected chi connectivity index (χ4v) is 6.94. The number of aromatic hydroxyl groups is 2. The molecule has 1 fully saturated rings. The minimum atomic E-state index is -2.42. The SMILES string of the molecule is C.CO[Si](C)(CCC(=O)Oc1cc(C=N[C@@H]2CCCC[C@H]2N=Cc2cc(C(C)(C)C)cc(C(C)(C)C)c2O)c(O)c(C(C)(C)C)c1)OC. The van der Waals surface area contributed by atoms with E-state index >= 15 is 0 Å². The van der Waals surface area contributed by atoms with Crippen molar-refractivity contribution in [1.29, 1.82) is 0 Å². The van der Waals surface area contributed by atoms with E-state index in [1.165, 1.54) is 0 Å². The predicted molar refractivity (Wildman–Crippen MR) is 201 cm³/mol. The van der Waals surface area contributed by atoms with Gasteiger partial charge >= 0.3 is 14.5 Å². The Kier molecular flexibility index (Phi) is 13.8. The third kappa shape index (κ3) is 10.7. The number of rotatable bonds is 10. The van der Waals surface area contributed by atoms with Crippen molar-refractivity contribution >= 4 is 27.0 Å². The molecular formula is C39H62N2O6Si. The van der Waals surface area contributed by atoms with Crippen LogP contribution in [0.4, 0.5) is 0 Å². The van der Waals surface area contributed by atoms with Crippen LogP contribution in [0.2, 0.25) is 12.6 Å². The fourth-order valence-electron chi connectivity index (χ4n) is 5.71. The fraction of sp³-hybridized carbons (Fsp3) is 0.615. The van der Waals surface area contributed by atoms with E-state index in [0.717, 1.165) is 42.4 Å². The number of aliphatic imine (C=N–C) groups is 2. The standard InChI is InChI=1S/C38H58N2O6Si.CH4/c1-36(2,3)27-19-25(34(42)29(21-27)37(4,5)6)23-39-31-15-13-14-16-32(31)40-24-26-20-28(22-30(35(26)43)38(7,8)9)46-33(41)17-18-47(12,44-10)45-11;/h19-24,31-32,42-43H,13-18H2,1-12H3;1H4/t31-,32-;/m1./s1. The van der Waals surface area contributed by atoms with Gasteiger partial charge in [-0.1, -0.05) is 88.6 Å². The second kappa shape index (κ2) is 16.1. The molecule has 0 radical (unpaired) electrons. The lowest BCUT2D eigenvalue weighted by atomic mass is 9.79. The maximum atomic E-state index is 12.8. The maximum absolute atomic E-state index is 12.8. The Morgan fingerprint density at radius 1 is 0.792 bits per heavy atom. The van der Waals surface area contributed by atoms with Crippen LogP contribution in [0.3, 0.4) is 0 Å². The molecule has 0 saturated heterocycles. The summed E-state index contributed by atoms with van der Waals surface area (Å²) < 4.78 is 16.8. The first kappa shape index (κ1) is 41.2. The Balaban J connectivity index is 0.00000800. The molecule has 2 atom stereocenters. The lowest BCUT2D eigenvalue weighted by Gasteiger charge is -2.28. The van der Waals surface area contributed by atoms with Crippen LogP contribution in [0.5, 0.6) is 17.2 Å². The van der Waals surface area contributed by atoms with Gasteiger partial charge in [-0.3, -0.25) is 14.8 Å². The molecule has 2 N–H and O–H groups in total. The highest BCUT2D eigenvalue weighted by Gasteiger charge is 2.31. The summed E-state index contributed by atoms with van der Waals surface area (Å²) in [6.45, 7) is 20.8. The topological polar surface area (TPSA) is 110 Å². The van der Waals surface area contributed by atoms with E-state index in [4.69, 9.17) is 23.6 Å². The molecule has 1 aliphatic rings. The number of hydrogen-bond acceptors (Lipinski definition) is 8. The first-order valence-electron chi connectivity index (χ1n) is 16.8.